The van der Waals surface area contributed by atoms with Crippen molar-refractivity contribution in [2.24, 2.45) is 0 Å². The molecule has 1 amide bonds. The van der Waals surface area contributed by atoms with Crippen LogP contribution in [0.1, 0.15) is 98.2 Å². The molecule has 35 heavy (non-hydrogen) atoms. The smallest absolute Gasteiger partial charge is 0.352 e. The molecule has 2 aromatic rings. The maximum absolute atomic E-state index is 12.9. The van der Waals surface area contributed by atoms with Gasteiger partial charge in [-0.1, -0.05) is 105 Å². The Hall–Kier alpha value is -1.86. The van der Waals surface area contributed by atoms with Gasteiger partial charge in [0.15, 0.2) is 0 Å². The molecule has 0 aliphatic carbocycles. The molecular formula is C28H38BrF3N2O. The highest BCUT2D eigenvalue weighted by Crippen LogP contribution is 2.29. The van der Waals surface area contributed by atoms with Gasteiger partial charge in [-0.2, -0.15) is 13.2 Å². The zero-order valence-corrected chi connectivity index (χ0v) is 22.2. The van der Waals surface area contributed by atoms with E-state index in [1.807, 2.05) is 6.07 Å². The lowest BCUT2D eigenvalue weighted by atomic mass is 10.1. The van der Waals surface area contributed by atoms with E-state index in [2.05, 4.69) is 33.5 Å². The lowest BCUT2D eigenvalue weighted by Crippen LogP contribution is -2.24. The van der Waals surface area contributed by atoms with Gasteiger partial charge in [-0.25, -0.2) is 0 Å². The van der Waals surface area contributed by atoms with E-state index < -0.39 is 11.7 Å². The Balaban J connectivity index is 1.65. The van der Waals surface area contributed by atoms with E-state index in [0.717, 1.165) is 35.0 Å². The molecular weight excluding hydrogens is 517 g/mol. The third kappa shape index (κ3) is 11.6. The Bertz CT molecular complexity index is 902. The summed E-state index contributed by atoms with van der Waals surface area (Å²) in [5.74, 6) is -0.0925. The average Bonchev–Trinajstić information content (AvgIpc) is 2.83. The van der Waals surface area contributed by atoms with Crippen LogP contribution in [-0.4, -0.2) is 12.5 Å². The SMILES string of the molecule is CCCCCCCCCCCCNC(=O)c1ccc(CNCc2cccc(C(F)(F)F)c2)c(Br)c1. The number of rotatable bonds is 16. The lowest BCUT2D eigenvalue weighted by molar-refractivity contribution is -0.137. The van der Waals surface area contributed by atoms with E-state index in [1.54, 1.807) is 18.2 Å². The van der Waals surface area contributed by atoms with E-state index in [0.29, 0.717) is 30.8 Å². The van der Waals surface area contributed by atoms with Gasteiger partial charge in [-0.05, 0) is 35.7 Å². The van der Waals surface area contributed by atoms with E-state index in [4.69, 9.17) is 0 Å². The first-order valence-electron chi connectivity index (χ1n) is 12.7. The molecule has 0 fully saturated rings. The van der Waals surface area contributed by atoms with Crippen molar-refractivity contribution in [1.82, 2.24) is 10.6 Å². The first-order chi connectivity index (χ1) is 16.8. The molecule has 0 aromatic heterocycles. The van der Waals surface area contributed by atoms with E-state index in [1.165, 1.54) is 57.4 Å². The molecule has 0 spiro atoms. The van der Waals surface area contributed by atoms with Crippen molar-refractivity contribution in [3.8, 4) is 0 Å². The highest BCUT2D eigenvalue weighted by molar-refractivity contribution is 9.10. The summed E-state index contributed by atoms with van der Waals surface area (Å²) in [6.45, 7) is 3.70. The van der Waals surface area contributed by atoms with E-state index in [9.17, 15) is 18.0 Å². The first-order valence-corrected chi connectivity index (χ1v) is 13.5. The second kappa shape index (κ2) is 16.0. The van der Waals surface area contributed by atoms with Gasteiger partial charge in [0.2, 0.25) is 0 Å². The number of hydrogen-bond donors (Lipinski definition) is 2. The van der Waals surface area contributed by atoms with Crippen molar-refractivity contribution in [2.75, 3.05) is 6.54 Å². The number of nitrogens with one attached hydrogen (secondary N) is 2. The Morgan fingerprint density at radius 2 is 1.51 bits per heavy atom. The molecule has 2 N–H and O–H groups in total. The molecule has 0 heterocycles. The number of amides is 1. The van der Waals surface area contributed by atoms with Crippen molar-refractivity contribution < 1.29 is 18.0 Å². The monoisotopic (exact) mass is 554 g/mol. The largest absolute Gasteiger partial charge is 0.416 e. The summed E-state index contributed by atoms with van der Waals surface area (Å²) in [4.78, 5) is 12.4. The van der Waals surface area contributed by atoms with Gasteiger partial charge in [0.1, 0.15) is 0 Å². The van der Waals surface area contributed by atoms with Crippen molar-refractivity contribution in [3.05, 3.63) is 69.2 Å². The van der Waals surface area contributed by atoms with Crippen molar-refractivity contribution in [2.45, 2.75) is 90.4 Å². The predicted molar refractivity (Wildman–Crippen MR) is 140 cm³/mol. The number of hydrogen-bond acceptors (Lipinski definition) is 2. The lowest BCUT2D eigenvalue weighted by Gasteiger charge is -2.11. The minimum Gasteiger partial charge on any atom is -0.352 e. The van der Waals surface area contributed by atoms with Crippen LogP contribution in [0.5, 0.6) is 0 Å². The van der Waals surface area contributed by atoms with Gasteiger partial charge in [-0.15, -0.1) is 0 Å². The van der Waals surface area contributed by atoms with Crippen molar-refractivity contribution in [1.29, 1.82) is 0 Å². The zero-order valence-electron chi connectivity index (χ0n) is 20.7. The van der Waals surface area contributed by atoms with Gasteiger partial charge in [-0.3, -0.25) is 4.79 Å². The Labute approximate surface area is 216 Å². The van der Waals surface area contributed by atoms with Crippen LogP contribution in [0.25, 0.3) is 0 Å². The predicted octanol–water partition coefficient (Wildman–Crippen LogP) is 8.41. The van der Waals surface area contributed by atoms with E-state index >= 15 is 0 Å². The van der Waals surface area contributed by atoms with Crippen LogP contribution < -0.4 is 10.6 Å². The first kappa shape index (κ1) is 29.4. The second-order valence-electron chi connectivity index (χ2n) is 9.05. The summed E-state index contributed by atoms with van der Waals surface area (Å²) < 4.78 is 39.4. The summed E-state index contributed by atoms with van der Waals surface area (Å²) in [5.41, 5.74) is 1.44. The summed E-state index contributed by atoms with van der Waals surface area (Å²) in [7, 11) is 0. The molecule has 0 aliphatic rings. The topological polar surface area (TPSA) is 41.1 Å². The molecule has 0 unspecified atom stereocenters. The zero-order chi connectivity index (χ0) is 25.5. The standard InChI is InChI=1S/C28H38BrF3N2O/c1-2-3-4-5-6-7-8-9-10-11-17-34-27(35)23-15-16-24(26(29)19-23)21-33-20-22-13-12-14-25(18-22)28(30,31)32/h12-16,18-19,33H,2-11,17,20-21H2,1H3,(H,34,35). The van der Waals surface area contributed by atoms with Crippen LogP contribution in [-0.2, 0) is 19.3 Å². The highest BCUT2D eigenvalue weighted by atomic mass is 79.9. The number of carbonyl (C=O) groups is 1. The second-order valence-corrected chi connectivity index (χ2v) is 9.90. The molecule has 0 saturated heterocycles. The summed E-state index contributed by atoms with van der Waals surface area (Å²) in [5, 5.41) is 6.15. The van der Waals surface area contributed by atoms with Gasteiger partial charge in [0.05, 0.1) is 5.56 Å². The fourth-order valence-corrected chi connectivity index (χ4v) is 4.47. The molecule has 0 aliphatic heterocycles. The molecule has 0 saturated carbocycles. The molecule has 0 bridgehead atoms. The molecule has 0 radical (unpaired) electrons. The molecule has 194 valence electrons. The molecule has 0 atom stereocenters. The number of alkyl halides is 3. The molecule has 7 heteroatoms. The summed E-state index contributed by atoms with van der Waals surface area (Å²) >= 11 is 3.51. The number of halogens is 4. The minimum atomic E-state index is -4.34. The maximum Gasteiger partial charge on any atom is 0.416 e. The van der Waals surface area contributed by atoms with Gasteiger partial charge in [0, 0.05) is 29.7 Å². The third-order valence-electron chi connectivity index (χ3n) is 6.03. The number of unbranched alkanes of at least 4 members (excludes halogenated alkanes) is 9. The normalized spacial score (nSPS) is 11.6. The minimum absolute atomic E-state index is 0.0925. The Morgan fingerprint density at radius 3 is 2.14 bits per heavy atom. The van der Waals surface area contributed by atoms with Crippen LogP contribution in [0.3, 0.4) is 0 Å². The van der Waals surface area contributed by atoms with Crippen molar-refractivity contribution in [3.63, 3.8) is 0 Å². The maximum atomic E-state index is 12.9. The quantitative estimate of drug-likeness (QED) is 0.204. The van der Waals surface area contributed by atoms with Crippen LogP contribution in [0.15, 0.2) is 46.9 Å². The highest BCUT2D eigenvalue weighted by Gasteiger charge is 2.30. The van der Waals surface area contributed by atoms with Gasteiger partial charge >= 0.3 is 6.18 Å². The van der Waals surface area contributed by atoms with Crippen LogP contribution >= 0.6 is 15.9 Å². The Kier molecular flexibility index (Phi) is 13.4. The molecule has 3 nitrogen and oxygen atoms in total. The van der Waals surface area contributed by atoms with Gasteiger partial charge < -0.3 is 10.6 Å². The van der Waals surface area contributed by atoms with Crippen LogP contribution in [0.2, 0.25) is 0 Å². The van der Waals surface area contributed by atoms with Gasteiger partial charge in [0.25, 0.3) is 5.91 Å². The van der Waals surface area contributed by atoms with E-state index in [-0.39, 0.29) is 5.91 Å². The fraction of sp³-hybridized carbons (Fsp3) is 0.536. The molecule has 2 aromatic carbocycles. The van der Waals surface area contributed by atoms with Crippen LogP contribution in [0, 0.1) is 0 Å². The van der Waals surface area contributed by atoms with Crippen LogP contribution in [0.4, 0.5) is 13.2 Å². The Morgan fingerprint density at radius 1 is 0.857 bits per heavy atom. The third-order valence-corrected chi connectivity index (χ3v) is 6.77. The molecule has 2 rings (SSSR count). The average molecular weight is 556 g/mol. The summed E-state index contributed by atoms with van der Waals surface area (Å²) in [6.07, 6.45) is 8.26. The summed E-state index contributed by atoms with van der Waals surface area (Å²) in [6, 6.07) is 10.7. The van der Waals surface area contributed by atoms with Crippen molar-refractivity contribution >= 4 is 21.8 Å². The fourth-order valence-electron chi connectivity index (χ4n) is 3.95. The number of benzene rings is 2. The number of carbonyl (C=O) groups excluding carboxylic acids is 1.